The van der Waals surface area contributed by atoms with Crippen molar-refractivity contribution in [2.45, 2.75) is 19.9 Å². The van der Waals surface area contributed by atoms with Gasteiger partial charge in [-0.3, -0.25) is 0 Å². The molecule has 0 bridgehead atoms. The number of anilines is 2. The number of benzene rings is 2. The normalized spacial score (nSPS) is 10.2. The van der Waals surface area contributed by atoms with Gasteiger partial charge >= 0.3 is 6.03 Å². The van der Waals surface area contributed by atoms with Crippen LogP contribution in [0.3, 0.4) is 0 Å². The number of hydrogen-bond acceptors (Lipinski definition) is 3. The molecule has 0 saturated carbocycles. The molecule has 4 N–H and O–H groups in total. The molecule has 110 valence electrons. The molecular weight excluding hydrogens is 266 g/mol. The van der Waals surface area contributed by atoms with Crippen molar-refractivity contribution in [1.29, 1.82) is 0 Å². The third kappa shape index (κ3) is 4.72. The highest BCUT2D eigenvalue weighted by atomic mass is 16.5. The zero-order valence-electron chi connectivity index (χ0n) is 12.1. The summed E-state index contributed by atoms with van der Waals surface area (Å²) in [5.41, 5.74) is 7.02. The Bertz CT molecular complexity index is 592. The maximum Gasteiger partial charge on any atom is 0.319 e. The van der Waals surface area contributed by atoms with Crippen LogP contribution in [0.1, 0.15) is 13.8 Å². The Labute approximate surface area is 124 Å². The zero-order chi connectivity index (χ0) is 15.2. The summed E-state index contributed by atoms with van der Waals surface area (Å²) >= 11 is 0. The van der Waals surface area contributed by atoms with E-state index < -0.39 is 0 Å². The zero-order valence-corrected chi connectivity index (χ0v) is 12.1. The number of hydrogen-bond donors (Lipinski definition) is 3. The smallest absolute Gasteiger partial charge is 0.319 e. The number of carbonyl (C=O) groups excluding carboxylic acids is 1. The quantitative estimate of drug-likeness (QED) is 0.751. The van der Waals surface area contributed by atoms with E-state index in [9.17, 15) is 4.79 Å². The lowest BCUT2D eigenvalue weighted by molar-refractivity contribution is 0.250. The SMILES string of the molecule is CC(C)NC(=O)Nc1ccc(Oc2ccc(N)cc2)cc1. The van der Waals surface area contributed by atoms with Crippen LogP contribution in [0.2, 0.25) is 0 Å². The van der Waals surface area contributed by atoms with Crippen molar-refractivity contribution in [3.8, 4) is 11.5 Å². The van der Waals surface area contributed by atoms with E-state index >= 15 is 0 Å². The van der Waals surface area contributed by atoms with Gasteiger partial charge in [0.2, 0.25) is 0 Å². The summed E-state index contributed by atoms with van der Waals surface area (Å²) in [6, 6.07) is 14.2. The highest BCUT2D eigenvalue weighted by Gasteiger charge is 2.03. The minimum absolute atomic E-state index is 0.0955. The van der Waals surface area contributed by atoms with Crippen molar-refractivity contribution in [1.82, 2.24) is 5.32 Å². The molecule has 0 aliphatic rings. The number of carbonyl (C=O) groups is 1. The van der Waals surface area contributed by atoms with Gasteiger partial charge in [-0.25, -0.2) is 4.79 Å². The van der Waals surface area contributed by atoms with Gasteiger partial charge in [0.05, 0.1) is 0 Å². The lowest BCUT2D eigenvalue weighted by Gasteiger charge is -2.11. The number of amides is 2. The first-order chi connectivity index (χ1) is 10.0. The van der Waals surface area contributed by atoms with Crippen LogP contribution in [0.15, 0.2) is 48.5 Å². The van der Waals surface area contributed by atoms with Gasteiger partial charge in [-0.2, -0.15) is 0 Å². The van der Waals surface area contributed by atoms with Crippen molar-refractivity contribution in [3.05, 3.63) is 48.5 Å². The summed E-state index contributed by atoms with van der Waals surface area (Å²) in [6.07, 6.45) is 0. The van der Waals surface area contributed by atoms with Crippen LogP contribution in [0.4, 0.5) is 16.2 Å². The summed E-state index contributed by atoms with van der Waals surface area (Å²) in [4.78, 5) is 11.6. The van der Waals surface area contributed by atoms with Gasteiger partial charge in [0, 0.05) is 17.4 Å². The largest absolute Gasteiger partial charge is 0.457 e. The van der Waals surface area contributed by atoms with Crippen molar-refractivity contribution < 1.29 is 9.53 Å². The summed E-state index contributed by atoms with van der Waals surface area (Å²) in [7, 11) is 0. The number of ether oxygens (including phenoxy) is 1. The van der Waals surface area contributed by atoms with Crippen LogP contribution < -0.4 is 21.1 Å². The van der Waals surface area contributed by atoms with Crippen molar-refractivity contribution in [3.63, 3.8) is 0 Å². The monoisotopic (exact) mass is 285 g/mol. The van der Waals surface area contributed by atoms with Gasteiger partial charge in [-0.15, -0.1) is 0 Å². The molecule has 0 unspecified atom stereocenters. The second-order valence-corrected chi connectivity index (χ2v) is 4.95. The molecule has 2 aromatic rings. The molecule has 5 heteroatoms. The molecule has 0 saturated heterocycles. The maximum absolute atomic E-state index is 11.6. The van der Waals surface area contributed by atoms with E-state index in [1.165, 1.54) is 0 Å². The Morgan fingerprint density at radius 2 is 1.52 bits per heavy atom. The molecule has 0 spiro atoms. The average molecular weight is 285 g/mol. The van der Waals surface area contributed by atoms with Crippen molar-refractivity contribution >= 4 is 17.4 Å². The van der Waals surface area contributed by atoms with E-state index in [1.54, 1.807) is 48.5 Å². The molecule has 0 aliphatic heterocycles. The third-order valence-corrected chi connectivity index (χ3v) is 2.65. The van der Waals surface area contributed by atoms with E-state index in [2.05, 4.69) is 10.6 Å². The second kappa shape index (κ2) is 6.65. The summed E-state index contributed by atoms with van der Waals surface area (Å²) in [6.45, 7) is 3.81. The van der Waals surface area contributed by atoms with Crippen LogP contribution in [0.25, 0.3) is 0 Å². The van der Waals surface area contributed by atoms with Gasteiger partial charge < -0.3 is 21.1 Å². The lowest BCUT2D eigenvalue weighted by atomic mass is 10.3. The fourth-order valence-corrected chi connectivity index (χ4v) is 1.71. The molecule has 0 aliphatic carbocycles. The summed E-state index contributed by atoms with van der Waals surface area (Å²) in [5, 5.41) is 5.51. The van der Waals surface area contributed by atoms with Crippen LogP contribution in [-0.2, 0) is 0 Å². The van der Waals surface area contributed by atoms with Crippen molar-refractivity contribution in [2.24, 2.45) is 0 Å². The Hall–Kier alpha value is -2.69. The van der Waals surface area contributed by atoms with E-state index in [-0.39, 0.29) is 12.1 Å². The van der Waals surface area contributed by atoms with Gasteiger partial charge in [0.25, 0.3) is 0 Å². The minimum atomic E-state index is -0.225. The maximum atomic E-state index is 11.6. The molecule has 0 heterocycles. The first-order valence-corrected chi connectivity index (χ1v) is 6.74. The number of urea groups is 1. The van der Waals surface area contributed by atoms with E-state index in [0.29, 0.717) is 22.9 Å². The van der Waals surface area contributed by atoms with Crippen LogP contribution >= 0.6 is 0 Å². The molecule has 0 fully saturated rings. The highest BCUT2D eigenvalue weighted by Crippen LogP contribution is 2.23. The van der Waals surface area contributed by atoms with Gasteiger partial charge in [0.1, 0.15) is 11.5 Å². The van der Waals surface area contributed by atoms with E-state index in [1.807, 2.05) is 13.8 Å². The number of nitrogens with one attached hydrogen (secondary N) is 2. The standard InChI is InChI=1S/C16H19N3O2/c1-11(2)18-16(20)19-13-5-9-15(10-6-13)21-14-7-3-12(17)4-8-14/h3-11H,17H2,1-2H3,(H2,18,19,20). The van der Waals surface area contributed by atoms with Gasteiger partial charge in [-0.05, 0) is 62.4 Å². The molecule has 21 heavy (non-hydrogen) atoms. The van der Waals surface area contributed by atoms with Crippen LogP contribution in [0, 0.1) is 0 Å². The Morgan fingerprint density at radius 1 is 1.00 bits per heavy atom. The van der Waals surface area contributed by atoms with Gasteiger partial charge in [-0.1, -0.05) is 0 Å². The molecule has 2 amide bonds. The van der Waals surface area contributed by atoms with E-state index in [4.69, 9.17) is 10.5 Å². The number of nitrogen functional groups attached to an aromatic ring is 1. The Balaban J connectivity index is 1.95. The predicted octanol–water partition coefficient (Wildman–Crippen LogP) is 3.59. The first kappa shape index (κ1) is 14.7. The molecule has 5 nitrogen and oxygen atoms in total. The number of rotatable bonds is 4. The predicted molar refractivity (Wildman–Crippen MR) is 84.7 cm³/mol. The van der Waals surface area contributed by atoms with E-state index in [0.717, 1.165) is 0 Å². The average Bonchev–Trinajstić information content (AvgIpc) is 2.42. The molecule has 0 atom stereocenters. The molecule has 0 radical (unpaired) electrons. The first-order valence-electron chi connectivity index (χ1n) is 6.74. The van der Waals surface area contributed by atoms with Crippen LogP contribution in [0.5, 0.6) is 11.5 Å². The molecule has 2 rings (SSSR count). The second-order valence-electron chi connectivity index (χ2n) is 4.95. The minimum Gasteiger partial charge on any atom is -0.457 e. The molecule has 2 aromatic carbocycles. The third-order valence-electron chi connectivity index (χ3n) is 2.65. The van der Waals surface area contributed by atoms with Crippen LogP contribution in [-0.4, -0.2) is 12.1 Å². The molecule has 0 aromatic heterocycles. The molecular formula is C16H19N3O2. The van der Waals surface area contributed by atoms with Gasteiger partial charge in [0.15, 0.2) is 0 Å². The topological polar surface area (TPSA) is 76.4 Å². The Morgan fingerprint density at radius 3 is 2.05 bits per heavy atom. The highest BCUT2D eigenvalue weighted by molar-refractivity contribution is 5.89. The Kier molecular flexibility index (Phi) is 4.66. The van der Waals surface area contributed by atoms with Crippen molar-refractivity contribution in [2.75, 3.05) is 11.1 Å². The summed E-state index contributed by atoms with van der Waals surface area (Å²) < 4.78 is 5.67. The summed E-state index contributed by atoms with van der Waals surface area (Å²) in [5.74, 6) is 1.40. The fourth-order valence-electron chi connectivity index (χ4n) is 1.71. The number of nitrogens with two attached hydrogens (primary N) is 1. The fraction of sp³-hybridized carbons (Fsp3) is 0.188. The lowest BCUT2D eigenvalue weighted by Crippen LogP contribution is -2.34.